The molecule has 172 valence electrons. The lowest BCUT2D eigenvalue weighted by atomic mass is 10.1. The quantitative estimate of drug-likeness (QED) is 0.422. The average Bonchev–Trinajstić information content (AvgIpc) is 3.23. The number of unbranched alkanes of at least 4 members (excludes halogenated alkanes) is 2. The van der Waals surface area contributed by atoms with E-state index >= 15 is 0 Å². The van der Waals surface area contributed by atoms with E-state index in [0.29, 0.717) is 24.6 Å². The number of nitrogens with zero attached hydrogens (tertiary/aromatic N) is 2. The highest BCUT2D eigenvalue weighted by Gasteiger charge is 2.38. The van der Waals surface area contributed by atoms with Gasteiger partial charge < -0.3 is 20.4 Å². The van der Waals surface area contributed by atoms with Gasteiger partial charge in [0.15, 0.2) is 0 Å². The highest BCUT2D eigenvalue weighted by Crippen LogP contribution is 2.25. The summed E-state index contributed by atoms with van der Waals surface area (Å²) in [6.45, 7) is 0. The first-order valence-corrected chi connectivity index (χ1v) is 9.68. The first-order valence-electron chi connectivity index (χ1n) is 9.68. The van der Waals surface area contributed by atoms with Gasteiger partial charge in [0.05, 0.1) is 6.04 Å². The maximum atomic E-state index is 10.6. The van der Waals surface area contributed by atoms with E-state index in [1.54, 1.807) is 0 Å². The van der Waals surface area contributed by atoms with Crippen molar-refractivity contribution in [2.75, 3.05) is 0 Å². The Balaban J connectivity index is 0.000000451. The first-order chi connectivity index (χ1) is 15.1. The Labute approximate surface area is 180 Å². The van der Waals surface area contributed by atoms with Gasteiger partial charge in [-0.2, -0.15) is 13.2 Å². The number of hydrogen-bond acceptors (Lipinski definition) is 6. The zero-order chi connectivity index (χ0) is 23.7. The highest BCUT2D eigenvalue weighted by molar-refractivity contribution is 5.86. The van der Waals surface area contributed by atoms with Gasteiger partial charge in [0.25, 0.3) is 0 Å². The van der Waals surface area contributed by atoms with Crippen LogP contribution in [0.3, 0.4) is 0 Å². The number of aromatic nitrogens is 2. The second-order valence-corrected chi connectivity index (χ2v) is 6.91. The number of benzene rings is 2. The molecule has 8 nitrogen and oxygen atoms in total. The van der Waals surface area contributed by atoms with E-state index < -0.39 is 18.1 Å². The van der Waals surface area contributed by atoms with Gasteiger partial charge in [-0.1, -0.05) is 43.2 Å². The van der Waals surface area contributed by atoms with Crippen LogP contribution in [0.25, 0.3) is 22.2 Å². The number of alkyl halides is 3. The minimum Gasteiger partial charge on any atom is -0.481 e. The van der Waals surface area contributed by atoms with Crippen LogP contribution in [0.1, 0.15) is 44.0 Å². The van der Waals surface area contributed by atoms with Gasteiger partial charge in [-0.05, 0) is 35.7 Å². The fourth-order valence-corrected chi connectivity index (χ4v) is 2.76. The molecular formula is C21H22F3N3O5. The van der Waals surface area contributed by atoms with Gasteiger partial charge in [-0.25, -0.2) is 4.79 Å². The van der Waals surface area contributed by atoms with Crippen LogP contribution in [-0.4, -0.2) is 38.5 Å². The summed E-state index contributed by atoms with van der Waals surface area (Å²) in [7, 11) is 0. The summed E-state index contributed by atoms with van der Waals surface area (Å²) in [4.78, 5) is 19.4. The van der Waals surface area contributed by atoms with Crippen LogP contribution in [0.5, 0.6) is 0 Å². The fourth-order valence-electron chi connectivity index (χ4n) is 2.76. The predicted molar refractivity (Wildman–Crippen MR) is 109 cm³/mol. The molecule has 0 amide bonds. The number of carboxylic acid groups (broad SMARTS) is 2. The summed E-state index contributed by atoms with van der Waals surface area (Å²) in [5.74, 6) is -2.64. The molecule has 4 N–H and O–H groups in total. The van der Waals surface area contributed by atoms with Gasteiger partial charge in [0.2, 0.25) is 11.8 Å². The third-order valence-electron chi connectivity index (χ3n) is 4.40. The molecule has 11 heteroatoms. The SMILES string of the molecule is N[C@@H](CCCCCC(=O)O)c1nnc(-c2ccc3ccccc3c2)o1.O=C(O)C(F)(F)F. The predicted octanol–water partition coefficient (Wildman–Crippen LogP) is 4.56. The van der Waals surface area contributed by atoms with Crippen molar-refractivity contribution in [3.8, 4) is 11.5 Å². The second-order valence-electron chi connectivity index (χ2n) is 6.91. The largest absolute Gasteiger partial charge is 0.490 e. The number of hydrogen-bond donors (Lipinski definition) is 3. The van der Waals surface area contributed by atoms with Gasteiger partial charge >= 0.3 is 18.1 Å². The van der Waals surface area contributed by atoms with Crippen LogP contribution in [0.2, 0.25) is 0 Å². The normalized spacial score (nSPS) is 12.1. The smallest absolute Gasteiger partial charge is 0.481 e. The number of halogens is 3. The Bertz CT molecular complexity index is 1050. The lowest BCUT2D eigenvalue weighted by Gasteiger charge is -2.06. The van der Waals surface area contributed by atoms with Crippen LogP contribution in [0.15, 0.2) is 46.9 Å². The van der Waals surface area contributed by atoms with Gasteiger partial charge in [0.1, 0.15) is 0 Å². The van der Waals surface area contributed by atoms with Crippen molar-refractivity contribution in [1.29, 1.82) is 0 Å². The van der Waals surface area contributed by atoms with E-state index in [1.807, 2.05) is 36.4 Å². The van der Waals surface area contributed by atoms with Crippen LogP contribution >= 0.6 is 0 Å². The molecule has 0 bridgehead atoms. The summed E-state index contributed by atoms with van der Waals surface area (Å²) in [6, 6.07) is 13.8. The van der Waals surface area contributed by atoms with E-state index in [9.17, 15) is 18.0 Å². The summed E-state index contributed by atoms with van der Waals surface area (Å²) in [5.41, 5.74) is 6.97. The number of carboxylic acids is 2. The molecule has 0 saturated heterocycles. The molecule has 0 aliphatic heterocycles. The Hall–Kier alpha value is -3.47. The topological polar surface area (TPSA) is 140 Å². The zero-order valence-corrected chi connectivity index (χ0v) is 16.9. The van der Waals surface area contributed by atoms with Crippen molar-refractivity contribution in [2.45, 2.75) is 44.3 Å². The van der Waals surface area contributed by atoms with E-state index in [-0.39, 0.29) is 12.5 Å². The molecule has 1 heterocycles. The molecule has 1 aromatic heterocycles. The third-order valence-corrected chi connectivity index (χ3v) is 4.40. The summed E-state index contributed by atoms with van der Waals surface area (Å²) in [6.07, 6.45) is -1.87. The molecule has 0 aliphatic carbocycles. The third kappa shape index (κ3) is 7.65. The van der Waals surface area contributed by atoms with E-state index in [0.717, 1.165) is 29.2 Å². The lowest BCUT2D eigenvalue weighted by molar-refractivity contribution is -0.192. The molecule has 0 radical (unpaired) electrons. The maximum absolute atomic E-state index is 10.6. The van der Waals surface area contributed by atoms with E-state index in [2.05, 4.69) is 16.3 Å². The Kier molecular flexibility index (Phi) is 8.71. The zero-order valence-electron chi connectivity index (χ0n) is 16.9. The molecule has 0 aliphatic rings. The number of carbonyl (C=O) groups is 2. The van der Waals surface area contributed by atoms with E-state index in [1.165, 1.54) is 0 Å². The molecule has 1 atom stereocenters. The molecule has 32 heavy (non-hydrogen) atoms. The van der Waals surface area contributed by atoms with Crippen molar-refractivity contribution in [3.05, 3.63) is 48.4 Å². The maximum Gasteiger partial charge on any atom is 0.490 e. The molecule has 3 aromatic rings. The molecule has 0 unspecified atom stereocenters. The Morgan fingerprint density at radius 3 is 2.28 bits per heavy atom. The highest BCUT2D eigenvalue weighted by atomic mass is 19.4. The number of fused-ring (bicyclic) bond motifs is 1. The molecule has 0 spiro atoms. The van der Waals surface area contributed by atoms with Gasteiger partial charge in [0, 0.05) is 12.0 Å². The van der Waals surface area contributed by atoms with E-state index in [4.69, 9.17) is 25.2 Å². The van der Waals surface area contributed by atoms with Crippen molar-refractivity contribution >= 4 is 22.7 Å². The standard InChI is InChI=1S/C19H21N3O3.C2HF3O2/c20-16(8-2-1-3-9-17(23)24)19-22-21-18(25-19)15-11-10-13-6-4-5-7-14(13)12-15;3-2(4,5)1(6)7/h4-7,10-12,16H,1-3,8-9,20H2,(H,23,24);(H,6,7)/t16-;/m0./s1. The molecule has 0 fully saturated rings. The number of nitrogens with two attached hydrogens (primary N) is 1. The molecule has 0 saturated carbocycles. The van der Waals surface area contributed by atoms with Crippen molar-refractivity contribution in [2.24, 2.45) is 5.73 Å². The minimum absolute atomic E-state index is 0.196. The molecule has 2 aromatic carbocycles. The van der Waals surface area contributed by atoms with Crippen LogP contribution in [0, 0.1) is 0 Å². The van der Waals surface area contributed by atoms with Crippen LogP contribution in [0.4, 0.5) is 13.2 Å². The summed E-state index contributed by atoms with van der Waals surface area (Å²) in [5, 5.41) is 26.2. The van der Waals surface area contributed by atoms with Crippen molar-refractivity contribution in [3.63, 3.8) is 0 Å². The lowest BCUT2D eigenvalue weighted by Crippen LogP contribution is -2.21. The Morgan fingerprint density at radius 2 is 1.66 bits per heavy atom. The van der Waals surface area contributed by atoms with Gasteiger partial charge in [-0.3, -0.25) is 4.79 Å². The van der Waals surface area contributed by atoms with Crippen molar-refractivity contribution < 1.29 is 37.4 Å². The summed E-state index contributed by atoms with van der Waals surface area (Å²) >= 11 is 0. The number of aliphatic carboxylic acids is 2. The minimum atomic E-state index is -5.08. The fraction of sp³-hybridized carbons (Fsp3) is 0.333. The number of rotatable bonds is 8. The van der Waals surface area contributed by atoms with Gasteiger partial charge in [-0.15, -0.1) is 10.2 Å². The Morgan fingerprint density at radius 1 is 1.00 bits per heavy atom. The van der Waals surface area contributed by atoms with Crippen molar-refractivity contribution in [1.82, 2.24) is 10.2 Å². The summed E-state index contributed by atoms with van der Waals surface area (Å²) < 4.78 is 37.5. The average molecular weight is 453 g/mol. The molecular weight excluding hydrogens is 431 g/mol. The monoisotopic (exact) mass is 453 g/mol. The van der Waals surface area contributed by atoms with Crippen LogP contribution < -0.4 is 5.73 Å². The molecule has 3 rings (SSSR count). The first kappa shape index (κ1) is 24.8. The second kappa shape index (κ2) is 11.2. The van der Waals surface area contributed by atoms with Crippen LogP contribution in [-0.2, 0) is 9.59 Å².